The zero-order valence-electron chi connectivity index (χ0n) is 13.7. The minimum atomic E-state index is 0.873. The van der Waals surface area contributed by atoms with Crippen LogP contribution < -0.4 is 0 Å². The maximum Gasteiger partial charge on any atom is -0.00133 e. The summed E-state index contributed by atoms with van der Waals surface area (Å²) in [5.41, 5.74) is 8.96. The molecule has 0 nitrogen and oxygen atoms in total. The van der Waals surface area contributed by atoms with Crippen molar-refractivity contribution in [3.63, 3.8) is 0 Å². The van der Waals surface area contributed by atoms with E-state index in [1.807, 2.05) is 6.08 Å². The van der Waals surface area contributed by atoms with Gasteiger partial charge in [0.25, 0.3) is 0 Å². The average Bonchev–Trinajstić information content (AvgIpc) is 2.48. The third kappa shape index (κ3) is 3.43. The summed E-state index contributed by atoms with van der Waals surface area (Å²) in [4.78, 5) is 0. The minimum absolute atomic E-state index is 0.873. The lowest BCUT2D eigenvalue weighted by Gasteiger charge is -2.30. The Bertz CT molecular complexity index is 793. The highest BCUT2D eigenvalue weighted by Crippen LogP contribution is 2.43. The van der Waals surface area contributed by atoms with Crippen LogP contribution in [0, 0.1) is 0 Å². The molecule has 0 unspecified atom stereocenters. The van der Waals surface area contributed by atoms with Crippen molar-refractivity contribution in [2.45, 2.75) is 19.8 Å². The van der Waals surface area contributed by atoms with Gasteiger partial charge in [0, 0.05) is 0 Å². The lowest BCUT2D eigenvalue weighted by atomic mass is 9.74. The van der Waals surface area contributed by atoms with Gasteiger partial charge in [0.1, 0.15) is 0 Å². The predicted octanol–water partition coefficient (Wildman–Crippen LogP) is 6.24. The van der Waals surface area contributed by atoms with Gasteiger partial charge in [-0.05, 0) is 59.3 Å². The number of hydrogen-bond acceptors (Lipinski definition) is 0. The second kappa shape index (κ2) is 6.66. The molecule has 0 saturated heterocycles. The molecule has 0 amide bonds. The molecule has 0 aliphatic heterocycles. The minimum Gasteiger partial charge on any atom is -0.0955 e. The molecular formula is C23H22. The van der Waals surface area contributed by atoms with Crippen LogP contribution in [-0.4, -0.2) is 0 Å². The van der Waals surface area contributed by atoms with Gasteiger partial charge in [-0.2, -0.15) is 0 Å². The summed E-state index contributed by atoms with van der Waals surface area (Å²) in [5, 5.41) is 0. The molecule has 0 saturated carbocycles. The Morgan fingerprint density at radius 2 is 1.74 bits per heavy atom. The fraction of sp³-hybridized carbons (Fsp3) is 0.130. The fourth-order valence-electron chi connectivity index (χ4n) is 2.97. The molecule has 114 valence electrons. The second-order valence-corrected chi connectivity index (χ2v) is 6.11. The van der Waals surface area contributed by atoms with Gasteiger partial charge in [0.15, 0.2) is 0 Å². The molecule has 3 aliphatic rings. The topological polar surface area (TPSA) is 0 Å². The van der Waals surface area contributed by atoms with Crippen LogP contribution in [0.5, 0.6) is 0 Å². The van der Waals surface area contributed by atoms with Crippen molar-refractivity contribution in [1.29, 1.82) is 0 Å². The number of fused-ring (bicyclic) bond motifs is 1. The molecule has 0 aromatic heterocycles. The van der Waals surface area contributed by atoms with E-state index in [-0.39, 0.29) is 0 Å². The van der Waals surface area contributed by atoms with E-state index in [1.54, 1.807) is 0 Å². The number of rotatable bonds is 0. The van der Waals surface area contributed by atoms with E-state index in [0.717, 1.165) is 24.0 Å². The zero-order chi connectivity index (χ0) is 16.2. The van der Waals surface area contributed by atoms with Crippen molar-refractivity contribution in [2.75, 3.05) is 0 Å². The van der Waals surface area contributed by atoms with Crippen LogP contribution in [0.2, 0.25) is 0 Å². The lowest BCUT2D eigenvalue weighted by molar-refractivity contribution is 1.06. The summed E-state index contributed by atoms with van der Waals surface area (Å²) in [6.45, 7) is 10.4. The molecule has 2 bridgehead atoms. The van der Waals surface area contributed by atoms with Crippen molar-refractivity contribution in [3.8, 4) is 0 Å². The fourth-order valence-corrected chi connectivity index (χ4v) is 2.97. The lowest BCUT2D eigenvalue weighted by Crippen LogP contribution is -2.12. The Hall–Kier alpha value is -2.60. The average molecular weight is 298 g/mol. The van der Waals surface area contributed by atoms with Crippen LogP contribution >= 0.6 is 0 Å². The first-order valence-electron chi connectivity index (χ1n) is 8.03. The third-order valence-electron chi connectivity index (χ3n) is 4.29. The van der Waals surface area contributed by atoms with Crippen LogP contribution in [-0.2, 0) is 0 Å². The van der Waals surface area contributed by atoms with Crippen LogP contribution in [0.15, 0.2) is 119 Å². The molecule has 0 fully saturated rings. The van der Waals surface area contributed by atoms with Gasteiger partial charge in [-0.25, -0.2) is 0 Å². The standard InChI is InChI=1S/C23H22/c1-17-10-6-4-8-12-18(2)21-16-22-19(3)14-20(15-23(21)22)13-9-5-7-11-17/h4-10,12-14,16H,1,3,11,15H2,2H3/b7-5-,8-4-,10-6-,13-9-,18-12-. The van der Waals surface area contributed by atoms with E-state index in [2.05, 4.69) is 80.8 Å². The highest BCUT2D eigenvalue weighted by atomic mass is 14.3. The van der Waals surface area contributed by atoms with Gasteiger partial charge in [0.05, 0.1) is 0 Å². The molecule has 0 heteroatoms. The van der Waals surface area contributed by atoms with E-state index in [1.165, 1.54) is 27.9 Å². The van der Waals surface area contributed by atoms with Gasteiger partial charge in [-0.3, -0.25) is 0 Å². The summed E-state index contributed by atoms with van der Waals surface area (Å²) in [7, 11) is 0. The molecule has 0 atom stereocenters. The van der Waals surface area contributed by atoms with Gasteiger partial charge < -0.3 is 0 Å². The monoisotopic (exact) mass is 298 g/mol. The normalized spacial score (nSPS) is 28.8. The highest BCUT2D eigenvalue weighted by molar-refractivity contribution is 5.72. The first kappa shape index (κ1) is 15.3. The van der Waals surface area contributed by atoms with Crippen LogP contribution in [0.3, 0.4) is 0 Å². The molecule has 23 heavy (non-hydrogen) atoms. The van der Waals surface area contributed by atoms with Crippen molar-refractivity contribution in [3.05, 3.63) is 119 Å². The molecule has 3 rings (SSSR count). The van der Waals surface area contributed by atoms with Crippen molar-refractivity contribution >= 4 is 0 Å². The van der Waals surface area contributed by atoms with Crippen molar-refractivity contribution in [2.24, 2.45) is 0 Å². The van der Waals surface area contributed by atoms with E-state index in [9.17, 15) is 0 Å². The summed E-state index contributed by atoms with van der Waals surface area (Å²) < 4.78 is 0. The molecule has 0 aromatic carbocycles. The summed E-state index contributed by atoms with van der Waals surface area (Å²) >= 11 is 0. The van der Waals surface area contributed by atoms with E-state index >= 15 is 0 Å². The smallest absolute Gasteiger partial charge is 0.00133 e. The Kier molecular flexibility index (Phi) is 4.43. The quantitative estimate of drug-likeness (QED) is 0.496. The van der Waals surface area contributed by atoms with E-state index < -0.39 is 0 Å². The maximum absolute atomic E-state index is 4.19. The molecule has 0 heterocycles. The molecule has 0 spiro atoms. The van der Waals surface area contributed by atoms with Crippen LogP contribution in [0.25, 0.3) is 0 Å². The Labute approximate surface area is 139 Å². The van der Waals surface area contributed by atoms with Gasteiger partial charge >= 0.3 is 0 Å². The first-order chi connectivity index (χ1) is 11.1. The molecular weight excluding hydrogens is 276 g/mol. The molecule has 3 aliphatic carbocycles. The number of allylic oxidation sites excluding steroid dienone is 18. The second-order valence-electron chi connectivity index (χ2n) is 6.11. The molecule has 0 N–H and O–H groups in total. The van der Waals surface area contributed by atoms with E-state index in [0.29, 0.717) is 0 Å². The Morgan fingerprint density at radius 3 is 2.61 bits per heavy atom. The predicted molar refractivity (Wildman–Crippen MR) is 101 cm³/mol. The van der Waals surface area contributed by atoms with Crippen LogP contribution in [0.4, 0.5) is 0 Å². The zero-order valence-corrected chi connectivity index (χ0v) is 13.7. The van der Waals surface area contributed by atoms with Crippen molar-refractivity contribution in [1.82, 2.24) is 0 Å². The summed E-state index contributed by atoms with van der Waals surface area (Å²) in [5.74, 6) is 0. The van der Waals surface area contributed by atoms with Gasteiger partial charge in [0.2, 0.25) is 0 Å². The van der Waals surface area contributed by atoms with E-state index in [4.69, 9.17) is 0 Å². The van der Waals surface area contributed by atoms with Crippen LogP contribution in [0.1, 0.15) is 19.8 Å². The summed E-state index contributed by atoms with van der Waals surface area (Å²) in [6.07, 6.45) is 25.3. The molecule has 0 radical (unpaired) electrons. The highest BCUT2D eigenvalue weighted by Gasteiger charge is 2.25. The SMILES string of the molecule is C=C1\C=C/C=C\C=C(\C)C2=C3CC(=CC(=C)C3=C2)/C=C\C=C/C1. The summed E-state index contributed by atoms with van der Waals surface area (Å²) in [6, 6.07) is 0. The third-order valence-corrected chi connectivity index (χ3v) is 4.29. The largest absolute Gasteiger partial charge is 0.0955 e. The Balaban J connectivity index is 1.95. The Morgan fingerprint density at radius 1 is 0.913 bits per heavy atom. The van der Waals surface area contributed by atoms with Gasteiger partial charge in [-0.15, -0.1) is 0 Å². The van der Waals surface area contributed by atoms with Gasteiger partial charge in [-0.1, -0.05) is 79.5 Å². The first-order valence-corrected chi connectivity index (χ1v) is 8.03. The van der Waals surface area contributed by atoms with Crippen molar-refractivity contribution < 1.29 is 0 Å². The molecule has 0 aromatic rings. The maximum atomic E-state index is 4.19. The number of hydrogen-bond donors (Lipinski definition) is 0.